The Kier molecular flexibility index (Phi) is 4.31. The topological polar surface area (TPSA) is 27.0 Å². The van der Waals surface area contributed by atoms with Crippen LogP contribution in [0.25, 0.3) is 0 Å². The molecule has 0 spiro atoms. The molecule has 2 fully saturated rings. The van der Waals surface area contributed by atoms with Gasteiger partial charge in [0.05, 0.1) is 11.5 Å². The van der Waals surface area contributed by atoms with Crippen LogP contribution in [0.3, 0.4) is 0 Å². The molecule has 1 saturated heterocycles. The lowest BCUT2D eigenvalue weighted by Gasteiger charge is -2.44. The summed E-state index contributed by atoms with van der Waals surface area (Å²) < 4.78 is 0. The third-order valence-corrected chi connectivity index (χ3v) is 5.60. The van der Waals surface area contributed by atoms with Gasteiger partial charge in [-0.15, -0.1) is 0 Å². The van der Waals surface area contributed by atoms with E-state index in [0.717, 1.165) is 25.9 Å². The Morgan fingerprint density at radius 2 is 1.76 bits per heavy atom. The van der Waals surface area contributed by atoms with Crippen molar-refractivity contribution in [3.05, 3.63) is 35.9 Å². The van der Waals surface area contributed by atoms with Crippen molar-refractivity contribution < 1.29 is 0 Å². The average Bonchev–Trinajstić information content (AvgIpc) is 2.56. The van der Waals surface area contributed by atoms with Gasteiger partial charge in [0.1, 0.15) is 0 Å². The summed E-state index contributed by atoms with van der Waals surface area (Å²) in [7, 11) is 0. The van der Waals surface area contributed by atoms with Crippen molar-refractivity contribution in [3.8, 4) is 6.07 Å². The van der Waals surface area contributed by atoms with E-state index < -0.39 is 0 Å². The maximum Gasteiger partial charge on any atom is 0.0687 e. The monoisotopic (exact) mass is 282 g/mol. The van der Waals surface area contributed by atoms with E-state index in [9.17, 15) is 5.26 Å². The van der Waals surface area contributed by atoms with Gasteiger partial charge in [-0.3, -0.25) is 4.90 Å². The highest BCUT2D eigenvalue weighted by Gasteiger charge is 2.36. The molecular formula is C19H26N2. The molecule has 2 heteroatoms. The highest BCUT2D eigenvalue weighted by atomic mass is 15.2. The van der Waals surface area contributed by atoms with Crippen LogP contribution in [0.1, 0.15) is 56.9 Å². The summed E-state index contributed by atoms with van der Waals surface area (Å²) >= 11 is 0. The Hall–Kier alpha value is -1.33. The SMILES string of the molecule is CC1(C#N)CCN([C@H]2CCCC[C@H]2c2ccccc2)CC1. The molecule has 21 heavy (non-hydrogen) atoms. The molecule has 1 aromatic rings. The van der Waals surface area contributed by atoms with Gasteiger partial charge in [-0.2, -0.15) is 5.26 Å². The second-order valence-electron chi connectivity index (χ2n) is 7.08. The van der Waals surface area contributed by atoms with Gasteiger partial charge in [-0.1, -0.05) is 43.2 Å². The van der Waals surface area contributed by atoms with E-state index in [1.54, 1.807) is 0 Å². The zero-order valence-corrected chi connectivity index (χ0v) is 13.1. The largest absolute Gasteiger partial charge is 0.300 e. The van der Waals surface area contributed by atoms with Gasteiger partial charge in [0, 0.05) is 6.04 Å². The number of nitrogens with zero attached hydrogens (tertiary/aromatic N) is 2. The van der Waals surface area contributed by atoms with Crippen molar-refractivity contribution >= 4 is 0 Å². The van der Waals surface area contributed by atoms with Crippen LogP contribution < -0.4 is 0 Å². The first-order valence-electron chi connectivity index (χ1n) is 8.42. The van der Waals surface area contributed by atoms with Crippen molar-refractivity contribution in [1.29, 1.82) is 5.26 Å². The van der Waals surface area contributed by atoms with E-state index in [1.165, 1.54) is 31.2 Å². The summed E-state index contributed by atoms with van der Waals surface area (Å²) in [5.74, 6) is 0.686. The van der Waals surface area contributed by atoms with Gasteiger partial charge in [0.2, 0.25) is 0 Å². The van der Waals surface area contributed by atoms with Crippen LogP contribution >= 0.6 is 0 Å². The van der Waals surface area contributed by atoms with Gasteiger partial charge < -0.3 is 0 Å². The smallest absolute Gasteiger partial charge is 0.0687 e. The summed E-state index contributed by atoms with van der Waals surface area (Å²) in [6.07, 6.45) is 7.42. The fourth-order valence-electron chi connectivity index (χ4n) is 4.10. The molecule has 1 aromatic carbocycles. The normalized spacial score (nSPS) is 29.7. The Bertz CT molecular complexity index is 494. The highest BCUT2D eigenvalue weighted by Crippen LogP contribution is 2.39. The first kappa shape index (κ1) is 14.6. The van der Waals surface area contributed by atoms with Crippen molar-refractivity contribution in [3.63, 3.8) is 0 Å². The Morgan fingerprint density at radius 3 is 2.43 bits per heavy atom. The minimum absolute atomic E-state index is 0.0899. The van der Waals surface area contributed by atoms with Crippen LogP contribution in [-0.4, -0.2) is 24.0 Å². The molecule has 0 aromatic heterocycles. The summed E-state index contributed by atoms with van der Waals surface area (Å²) in [4.78, 5) is 2.68. The number of likely N-dealkylation sites (tertiary alicyclic amines) is 1. The van der Waals surface area contributed by atoms with Crippen LogP contribution in [0.4, 0.5) is 0 Å². The van der Waals surface area contributed by atoms with Crippen LogP contribution in [0, 0.1) is 16.7 Å². The first-order valence-corrected chi connectivity index (χ1v) is 8.42. The highest BCUT2D eigenvalue weighted by molar-refractivity contribution is 5.22. The maximum absolute atomic E-state index is 9.31. The van der Waals surface area contributed by atoms with Crippen LogP contribution in [-0.2, 0) is 0 Å². The van der Waals surface area contributed by atoms with E-state index in [-0.39, 0.29) is 5.41 Å². The quantitative estimate of drug-likeness (QED) is 0.807. The second-order valence-corrected chi connectivity index (χ2v) is 7.08. The summed E-state index contributed by atoms with van der Waals surface area (Å²) in [6.45, 7) is 4.32. The zero-order valence-electron chi connectivity index (χ0n) is 13.1. The molecule has 112 valence electrons. The molecule has 1 aliphatic carbocycles. The molecule has 1 saturated carbocycles. The summed E-state index contributed by atoms with van der Waals surface area (Å²) in [6, 6.07) is 14.3. The second kappa shape index (κ2) is 6.20. The van der Waals surface area contributed by atoms with E-state index >= 15 is 0 Å². The fraction of sp³-hybridized carbons (Fsp3) is 0.632. The standard InChI is InChI=1S/C19H26N2/c1-19(15-20)11-13-21(14-12-19)18-10-6-5-9-17(18)16-7-3-2-4-8-16/h2-4,7-8,17-18H,5-6,9-14H2,1H3/t17-,18-/m0/s1. The number of hydrogen-bond donors (Lipinski definition) is 0. The molecule has 0 unspecified atom stereocenters. The molecule has 2 nitrogen and oxygen atoms in total. The molecule has 0 radical (unpaired) electrons. The predicted molar refractivity (Wildman–Crippen MR) is 86.0 cm³/mol. The van der Waals surface area contributed by atoms with Crippen molar-refractivity contribution in [2.45, 2.75) is 57.4 Å². The predicted octanol–water partition coefficient (Wildman–Crippen LogP) is 4.34. The molecule has 2 aliphatic rings. The lowest BCUT2D eigenvalue weighted by molar-refractivity contribution is 0.0780. The van der Waals surface area contributed by atoms with Crippen molar-refractivity contribution in [2.24, 2.45) is 5.41 Å². The van der Waals surface area contributed by atoms with E-state index in [4.69, 9.17) is 0 Å². The fourth-order valence-corrected chi connectivity index (χ4v) is 4.10. The molecule has 0 bridgehead atoms. The Morgan fingerprint density at radius 1 is 1.10 bits per heavy atom. The molecule has 3 rings (SSSR count). The van der Waals surface area contributed by atoms with Gasteiger partial charge >= 0.3 is 0 Å². The van der Waals surface area contributed by atoms with Gasteiger partial charge in [0.25, 0.3) is 0 Å². The maximum atomic E-state index is 9.31. The third-order valence-electron chi connectivity index (χ3n) is 5.60. The van der Waals surface area contributed by atoms with E-state index in [0.29, 0.717) is 12.0 Å². The minimum atomic E-state index is -0.0899. The number of rotatable bonds is 2. The number of benzene rings is 1. The van der Waals surface area contributed by atoms with Crippen LogP contribution in [0.15, 0.2) is 30.3 Å². The first-order chi connectivity index (χ1) is 10.2. The minimum Gasteiger partial charge on any atom is -0.300 e. The third kappa shape index (κ3) is 3.14. The van der Waals surface area contributed by atoms with Crippen molar-refractivity contribution in [2.75, 3.05) is 13.1 Å². The molecular weight excluding hydrogens is 256 g/mol. The number of hydrogen-bond acceptors (Lipinski definition) is 2. The lowest BCUT2D eigenvalue weighted by Crippen LogP contribution is -2.47. The molecule has 2 atom stereocenters. The van der Waals surface area contributed by atoms with E-state index in [2.05, 4.69) is 48.2 Å². The number of piperidine rings is 1. The van der Waals surface area contributed by atoms with E-state index in [1.807, 2.05) is 0 Å². The van der Waals surface area contributed by atoms with Gasteiger partial charge in [-0.25, -0.2) is 0 Å². The Labute approximate surface area is 128 Å². The van der Waals surface area contributed by atoms with Crippen LogP contribution in [0.2, 0.25) is 0 Å². The summed E-state index contributed by atoms with van der Waals surface area (Å²) in [5.41, 5.74) is 1.42. The van der Waals surface area contributed by atoms with Crippen LogP contribution in [0.5, 0.6) is 0 Å². The zero-order chi connectivity index (χ0) is 14.7. The molecule has 1 heterocycles. The molecule has 1 aliphatic heterocycles. The lowest BCUT2D eigenvalue weighted by atomic mass is 9.76. The average molecular weight is 282 g/mol. The number of nitriles is 1. The summed E-state index contributed by atoms with van der Waals surface area (Å²) in [5, 5.41) is 9.31. The van der Waals surface area contributed by atoms with Crippen molar-refractivity contribution in [1.82, 2.24) is 4.90 Å². The van der Waals surface area contributed by atoms with Gasteiger partial charge in [-0.05, 0) is 57.2 Å². The van der Waals surface area contributed by atoms with Gasteiger partial charge in [0.15, 0.2) is 0 Å². The molecule has 0 N–H and O–H groups in total. The Balaban J connectivity index is 1.73. The molecule has 0 amide bonds.